The Bertz CT molecular complexity index is 1270. The zero-order valence-corrected chi connectivity index (χ0v) is 23.5. The Kier molecular flexibility index (Phi) is 9.82. The topological polar surface area (TPSA) is 203 Å². The molecule has 39 heavy (non-hydrogen) atoms. The van der Waals surface area contributed by atoms with Crippen molar-refractivity contribution in [2.45, 2.75) is 54.9 Å². The molecule has 3 rings (SSSR count). The average Bonchev–Trinajstić information content (AvgIpc) is 3.39. The number of carboxylic acid groups (broad SMARTS) is 1. The molecule has 0 bridgehead atoms. The molecule has 14 heteroatoms. The van der Waals surface area contributed by atoms with Crippen LogP contribution in [0.5, 0.6) is 0 Å². The highest BCUT2D eigenvalue weighted by Gasteiger charge is 2.62. The summed E-state index contributed by atoms with van der Waals surface area (Å²) in [5, 5.41) is 10.3. The third kappa shape index (κ3) is 6.98. The molecule has 1 aliphatic rings. The van der Waals surface area contributed by atoms with Crippen molar-refractivity contribution in [3.63, 3.8) is 0 Å². The predicted molar refractivity (Wildman–Crippen MR) is 144 cm³/mol. The fourth-order valence-electron chi connectivity index (χ4n) is 5.40. The lowest BCUT2D eigenvalue weighted by molar-refractivity contribution is -0.00218. The number of phosphoric ester groups is 1. The van der Waals surface area contributed by atoms with E-state index in [-0.39, 0.29) is 43.3 Å². The molecule has 7 N–H and O–H groups in total. The lowest BCUT2D eigenvalue weighted by Gasteiger charge is -2.48. The summed E-state index contributed by atoms with van der Waals surface area (Å²) in [6.45, 7) is 3.69. The number of hydrogen-bond acceptors (Lipinski definition) is 8. The molecule has 12 nitrogen and oxygen atoms in total. The van der Waals surface area contributed by atoms with Crippen LogP contribution in [0, 0.1) is 11.8 Å². The van der Waals surface area contributed by atoms with Crippen LogP contribution < -0.4 is 11.6 Å². The quantitative estimate of drug-likeness (QED) is 0.0805. The number of hydrogen-bond donors (Lipinski definition) is 5. The number of carbonyl (C=O) groups is 1. The van der Waals surface area contributed by atoms with Gasteiger partial charge in [0.15, 0.2) is 9.84 Å². The third-order valence-electron chi connectivity index (χ3n) is 6.99. The molecule has 1 fully saturated rings. The summed E-state index contributed by atoms with van der Waals surface area (Å²) >= 11 is 0. The maximum Gasteiger partial charge on any atom is 0.469 e. The van der Waals surface area contributed by atoms with Gasteiger partial charge in [-0.25, -0.2) is 28.6 Å². The van der Waals surface area contributed by atoms with Crippen LogP contribution in [0.25, 0.3) is 0 Å². The minimum atomic E-state index is -5.40. The van der Waals surface area contributed by atoms with E-state index in [0.29, 0.717) is 16.3 Å². The number of hydrazine groups is 1. The molecule has 0 radical (unpaired) electrons. The lowest BCUT2D eigenvalue weighted by atomic mass is 9.76. The number of phosphoric acid groups is 1. The first-order valence-corrected chi connectivity index (χ1v) is 15.4. The Labute approximate surface area is 228 Å². The Balaban J connectivity index is 2.39. The molecule has 1 amide bonds. The lowest BCUT2D eigenvalue weighted by Crippen LogP contribution is -2.65. The molecule has 0 aliphatic carbocycles. The van der Waals surface area contributed by atoms with E-state index in [2.05, 4.69) is 0 Å². The van der Waals surface area contributed by atoms with Crippen molar-refractivity contribution in [1.82, 2.24) is 5.01 Å². The summed E-state index contributed by atoms with van der Waals surface area (Å²) in [5.74, 6) is 4.88. The summed E-state index contributed by atoms with van der Waals surface area (Å²) in [5.41, 5.74) is 6.68. The van der Waals surface area contributed by atoms with E-state index in [1.165, 1.54) is 24.3 Å². The van der Waals surface area contributed by atoms with Crippen molar-refractivity contribution in [1.29, 1.82) is 0 Å². The highest BCUT2D eigenvalue weighted by molar-refractivity contribution is 7.93. The highest BCUT2D eigenvalue weighted by Crippen LogP contribution is 2.52. The largest absolute Gasteiger partial charge is 0.469 e. The van der Waals surface area contributed by atoms with Crippen molar-refractivity contribution in [3.8, 4) is 0 Å². The molecule has 0 spiro atoms. The van der Waals surface area contributed by atoms with Gasteiger partial charge in [0.05, 0.1) is 17.5 Å². The monoisotopic (exact) mass is 585 g/mol. The molecule has 1 aliphatic heterocycles. The summed E-state index contributed by atoms with van der Waals surface area (Å²) in [7, 11) is -9.90. The molecule has 216 valence electrons. The van der Waals surface area contributed by atoms with Crippen molar-refractivity contribution < 1.29 is 41.9 Å². The van der Waals surface area contributed by atoms with Gasteiger partial charge in [-0.1, -0.05) is 44.2 Å². The second-order valence-electron chi connectivity index (χ2n) is 10.1. The Hall–Kier alpha value is -2.51. The van der Waals surface area contributed by atoms with Gasteiger partial charge in [-0.05, 0) is 55.0 Å². The smallest absolute Gasteiger partial charge is 0.464 e. The normalized spacial score (nSPS) is 19.4. The molecule has 1 saturated heterocycles. The molecule has 0 aromatic heterocycles. The first-order valence-electron chi connectivity index (χ1n) is 12.4. The van der Waals surface area contributed by atoms with Crippen molar-refractivity contribution in [3.05, 3.63) is 60.2 Å². The molecular weight excluding hydrogens is 549 g/mol. The van der Waals surface area contributed by atoms with E-state index < -0.39 is 46.6 Å². The fourth-order valence-corrected chi connectivity index (χ4v) is 8.72. The van der Waals surface area contributed by atoms with Crippen LogP contribution in [0.15, 0.2) is 59.5 Å². The summed E-state index contributed by atoms with van der Waals surface area (Å²) < 4.78 is 50.8. The van der Waals surface area contributed by atoms with Crippen molar-refractivity contribution in [2.24, 2.45) is 17.7 Å². The number of sulfone groups is 1. The Morgan fingerprint density at radius 2 is 1.79 bits per heavy atom. The number of benzene rings is 2. The number of rotatable bonds is 12. The van der Waals surface area contributed by atoms with E-state index in [9.17, 15) is 32.7 Å². The van der Waals surface area contributed by atoms with Crippen LogP contribution in [-0.2, 0) is 30.1 Å². The van der Waals surface area contributed by atoms with Gasteiger partial charge in [0.25, 0.3) is 0 Å². The van der Waals surface area contributed by atoms with Crippen LogP contribution in [0.2, 0.25) is 0 Å². The maximum atomic E-state index is 14.7. The van der Waals surface area contributed by atoms with Crippen molar-refractivity contribution in [2.75, 3.05) is 18.9 Å². The van der Waals surface area contributed by atoms with Gasteiger partial charge in [-0.3, -0.25) is 4.52 Å². The van der Waals surface area contributed by atoms with Gasteiger partial charge in [-0.15, -0.1) is 0 Å². The third-order valence-corrected chi connectivity index (χ3v) is 10.1. The standard InChI is InChI=1S/C25H36N3O9PS/c1-17(2)15-25(19-12-13-36-16-19,39(34,35)21-10-8-20(26)9-11-21)23(37-38(31,32)33)22(28(27)24(29)30)14-18-6-4-3-5-7-18/h3-11,17,19,22-23H,12-16,26-27H2,1-2H3,(H,29,30)(H2,31,32,33)/t19?,22-,23+,25-/m0/s1. The Morgan fingerprint density at radius 3 is 2.28 bits per heavy atom. The average molecular weight is 586 g/mol. The van der Waals surface area contributed by atoms with Crippen LogP contribution >= 0.6 is 7.82 Å². The first-order chi connectivity index (χ1) is 18.2. The minimum Gasteiger partial charge on any atom is -0.464 e. The van der Waals surface area contributed by atoms with Gasteiger partial charge in [-0.2, -0.15) is 0 Å². The first kappa shape index (κ1) is 31.0. The van der Waals surface area contributed by atoms with Crippen LogP contribution in [0.4, 0.5) is 10.5 Å². The SMILES string of the molecule is CC(C)C[C@](C1CCOC1)([C@H](OP(=O)(O)O)[C@H](Cc1ccccc1)N(N)C(=O)O)S(=O)(=O)c1ccc(N)cc1. The second kappa shape index (κ2) is 12.3. The van der Waals surface area contributed by atoms with Crippen LogP contribution in [0.1, 0.15) is 32.3 Å². The number of ether oxygens (including phenoxy) is 1. The molecule has 2 aromatic rings. The van der Waals surface area contributed by atoms with Crippen LogP contribution in [0.3, 0.4) is 0 Å². The number of nitrogens with two attached hydrogens (primary N) is 2. The minimum absolute atomic E-state index is 0.0440. The van der Waals surface area contributed by atoms with Crippen molar-refractivity contribution >= 4 is 29.4 Å². The van der Waals surface area contributed by atoms with Gasteiger partial charge < -0.3 is 25.4 Å². The second-order valence-corrected chi connectivity index (χ2v) is 13.6. The Morgan fingerprint density at radius 1 is 1.18 bits per heavy atom. The number of nitrogens with zero attached hydrogens (tertiary/aromatic N) is 1. The van der Waals surface area contributed by atoms with E-state index >= 15 is 0 Å². The predicted octanol–water partition coefficient (Wildman–Crippen LogP) is 2.81. The highest BCUT2D eigenvalue weighted by atomic mass is 32.2. The van der Waals surface area contributed by atoms with Gasteiger partial charge in [0.1, 0.15) is 10.9 Å². The van der Waals surface area contributed by atoms with Gasteiger partial charge >= 0.3 is 13.9 Å². The fraction of sp³-hybridized carbons (Fsp3) is 0.480. The van der Waals surface area contributed by atoms with E-state index in [4.69, 9.17) is 20.8 Å². The molecule has 4 atom stereocenters. The summed E-state index contributed by atoms with van der Waals surface area (Å²) in [6.07, 6.45) is -3.59. The number of nitrogen functional groups attached to an aromatic ring is 1. The van der Waals surface area contributed by atoms with Gasteiger partial charge in [0.2, 0.25) is 0 Å². The zero-order chi connectivity index (χ0) is 29.0. The van der Waals surface area contributed by atoms with Gasteiger partial charge in [0, 0.05) is 18.2 Å². The summed E-state index contributed by atoms with van der Waals surface area (Å²) in [4.78, 5) is 32.2. The van der Waals surface area contributed by atoms with E-state index in [0.717, 1.165) is 0 Å². The zero-order valence-electron chi connectivity index (χ0n) is 21.8. The number of amides is 1. The maximum absolute atomic E-state index is 14.7. The molecule has 1 unspecified atom stereocenters. The molecule has 0 saturated carbocycles. The van der Waals surface area contributed by atoms with E-state index in [1.807, 2.05) is 0 Å². The summed E-state index contributed by atoms with van der Waals surface area (Å²) in [6, 6.07) is 12.4. The molecule has 2 aromatic carbocycles. The molecule has 1 heterocycles. The number of anilines is 1. The van der Waals surface area contributed by atoms with Crippen LogP contribution in [-0.4, -0.2) is 64.5 Å². The van der Waals surface area contributed by atoms with E-state index in [1.54, 1.807) is 44.2 Å². The molecular formula is C25H36N3O9PS.